The van der Waals surface area contributed by atoms with Crippen LogP contribution >= 0.6 is 0 Å². The fraction of sp³-hybridized carbons (Fsp3) is 0.409. The summed E-state index contributed by atoms with van der Waals surface area (Å²) >= 11 is 0. The van der Waals surface area contributed by atoms with Crippen molar-refractivity contribution in [1.82, 2.24) is 4.90 Å². The topological polar surface area (TPSA) is 93.9 Å². The van der Waals surface area contributed by atoms with Gasteiger partial charge in [-0.25, -0.2) is 4.79 Å². The maximum atomic E-state index is 12.8. The number of carbonyl (C=O) groups excluding carboxylic acids is 1. The number of hydrogen-bond donors (Lipinski definition) is 1. The van der Waals surface area contributed by atoms with Crippen LogP contribution in [-0.2, 0) is 6.42 Å². The van der Waals surface area contributed by atoms with E-state index in [0.717, 1.165) is 37.7 Å². The Bertz CT molecular complexity index is 885. The molecule has 1 aliphatic rings. The van der Waals surface area contributed by atoms with E-state index in [1.54, 1.807) is 26.4 Å². The van der Waals surface area contributed by atoms with Gasteiger partial charge >= 0.3 is 6.03 Å². The van der Waals surface area contributed by atoms with Crippen molar-refractivity contribution in [1.29, 1.82) is 0 Å². The summed E-state index contributed by atoms with van der Waals surface area (Å²) < 4.78 is 10.7. The predicted molar refractivity (Wildman–Crippen MR) is 114 cm³/mol. The first-order valence-electron chi connectivity index (χ1n) is 10.0. The summed E-state index contributed by atoms with van der Waals surface area (Å²) in [5.74, 6) is 1.40. The van der Waals surface area contributed by atoms with Crippen molar-refractivity contribution >= 4 is 17.4 Å². The van der Waals surface area contributed by atoms with Crippen LogP contribution < -0.4 is 14.8 Å². The molecule has 1 N–H and O–H groups in total. The molecule has 8 heteroatoms. The van der Waals surface area contributed by atoms with Gasteiger partial charge in [0.15, 0.2) is 11.5 Å². The van der Waals surface area contributed by atoms with Gasteiger partial charge in [0, 0.05) is 30.4 Å². The standard InChI is InChI=1S/C22H27N3O5/c1-29-20-13-7-16(15-21(20)30-2)6-10-18-5-3-4-14-24(18)22(26)23-17-8-11-19(12-9-17)25(27)28/h7-9,11-13,15,18H,3-6,10,14H2,1-2H3,(H,23,26). The van der Waals surface area contributed by atoms with E-state index in [2.05, 4.69) is 5.32 Å². The Hall–Kier alpha value is -3.29. The van der Waals surface area contributed by atoms with Gasteiger partial charge < -0.3 is 19.7 Å². The van der Waals surface area contributed by atoms with Crippen LogP contribution in [0.25, 0.3) is 0 Å². The molecule has 160 valence electrons. The number of urea groups is 1. The number of piperidine rings is 1. The van der Waals surface area contributed by atoms with Gasteiger partial charge in [-0.3, -0.25) is 10.1 Å². The molecule has 1 heterocycles. The number of hydrogen-bond acceptors (Lipinski definition) is 5. The molecule has 30 heavy (non-hydrogen) atoms. The van der Waals surface area contributed by atoms with E-state index in [1.807, 2.05) is 23.1 Å². The number of nitrogens with one attached hydrogen (secondary N) is 1. The lowest BCUT2D eigenvalue weighted by Crippen LogP contribution is -2.46. The Morgan fingerprint density at radius 1 is 1.13 bits per heavy atom. The first kappa shape index (κ1) is 21.4. The van der Waals surface area contributed by atoms with Gasteiger partial charge in [-0.15, -0.1) is 0 Å². The minimum absolute atomic E-state index is 0.00114. The van der Waals surface area contributed by atoms with Gasteiger partial charge in [-0.05, 0) is 61.9 Å². The van der Waals surface area contributed by atoms with Crippen molar-refractivity contribution in [3.63, 3.8) is 0 Å². The molecule has 0 saturated carbocycles. The molecule has 0 spiro atoms. The summed E-state index contributed by atoms with van der Waals surface area (Å²) in [6, 6.07) is 11.8. The molecular weight excluding hydrogens is 386 g/mol. The molecule has 1 aliphatic heterocycles. The number of rotatable bonds is 7. The van der Waals surface area contributed by atoms with Crippen molar-refractivity contribution in [3.8, 4) is 11.5 Å². The van der Waals surface area contributed by atoms with Crippen LogP contribution in [-0.4, -0.2) is 42.7 Å². The minimum Gasteiger partial charge on any atom is -0.493 e. The van der Waals surface area contributed by atoms with Crippen LogP contribution in [0.5, 0.6) is 11.5 Å². The van der Waals surface area contributed by atoms with Gasteiger partial charge in [-0.2, -0.15) is 0 Å². The molecule has 2 amide bonds. The van der Waals surface area contributed by atoms with Crippen molar-refractivity contribution in [2.45, 2.75) is 38.1 Å². The normalized spacial score (nSPS) is 16.1. The lowest BCUT2D eigenvalue weighted by molar-refractivity contribution is -0.384. The molecular formula is C22H27N3O5. The summed E-state index contributed by atoms with van der Waals surface area (Å²) in [6.45, 7) is 0.704. The second kappa shape index (κ2) is 9.96. The van der Waals surface area contributed by atoms with E-state index >= 15 is 0 Å². The smallest absolute Gasteiger partial charge is 0.322 e. The molecule has 0 radical (unpaired) electrons. The molecule has 8 nitrogen and oxygen atoms in total. The van der Waals surface area contributed by atoms with Crippen molar-refractivity contribution < 1.29 is 19.2 Å². The first-order chi connectivity index (χ1) is 14.5. The van der Waals surface area contributed by atoms with Crippen LogP contribution in [0.2, 0.25) is 0 Å². The molecule has 1 saturated heterocycles. The molecule has 0 bridgehead atoms. The largest absolute Gasteiger partial charge is 0.493 e. The van der Waals surface area contributed by atoms with E-state index in [-0.39, 0.29) is 17.8 Å². The molecule has 1 unspecified atom stereocenters. The van der Waals surface area contributed by atoms with Gasteiger partial charge in [0.05, 0.1) is 19.1 Å². The molecule has 1 fully saturated rings. The summed E-state index contributed by atoms with van der Waals surface area (Å²) in [4.78, 5) is 25.0. The number of nitro groups is 1. The monoisotopic (exact) mass is 413 g/mol. The van der Waals surface area contributed by atoms with Crippen LogP contribution in [0.1, 0.15) is 31.2 Å². The quantitative estimate of drug-likeness (QED) is 0.527. The number of aryl methyl sites for hydroxylation is 1. The highest BCUT2D eigenvalue weighted by molar-refractivity contribution is 5.89. The Balaban J connectivity index is 1.62. The Morgan fingerprint density at radius 3 is 2.53 bits per heavy atom. The second-order valence-electron chi connectivity index (χ2n) is 7.31. The fourth-order valence-electron chi connectivity index (χ4n) is 3.80. The van der Waals surface area contributed by atoms with Gasteiger partial charge in [0.2, 0.25) is 0 Å². The number of amides is 2. The lowest BCUT2D eigenvalue weighted by Gasteiger charge is -2.36. The maximum Gasteiger partial charge on any atom is 0.322 e. The van der Waals surface area contributed by atoms with Crippen molar-refractivity contribution in [2.24, 2.45) is 0 Å². The SMILES string of the molecule is COc1ccc(CCC2CCCCN2C(=O)Nc2ccc([N+](=O)[O-])cc2)cc1OC. The highest BCUT2D eigenvalue weighted by Gasteiger charge is 2.26. The third-order valence-electron chi connectivity index (χ3n) is 5.43. The number of nitro benzene ring substituents is 1. The van der Waals surface area contributed by atoms with Crippen LogP contribution in [0, 0.1) is 10.1 Å². The van der Waals surface area contributed by atoms with E-state index in [0.29, 0.717) is 23.7 Å². The van der Waals surface area contributed by atoms with Crippen LogP contribution in [0.15, 0.2) is 42.5 Å². The number of ether oxygens (including phenoxy) is 2. The maximum absolute atomic E-state index is 12.8. The molecule has 2 aromatic carbocycles. The molecule has 0 aromatic heterocycles. The molecule has 3 rings (SSSR count). The average Bonchev–Trinajstić information content (AvgIpc) is 2.78. The number of likely N-dealkylation sites (tertiary alicyclic amines) is 1. The lowest BCUT2D eigenvalue weighted by atomic mass is 9.96. The zero-order valence-electron chi connectivity index (χ0n) is 17.3. The third-order valence-corrected chi connectivity index (χ3v) is 5.43. The predicted octanol–water partition coefficient (Wildman–Crippen LogP) is 4.63. The zero-order chi connectivity index (χ0) is 21.5. The Kier molecular flexibility index (Phi) is 7.11. The second-order valence-corrected chi connectivity index (χ2v) is 7.31. The van der Waals surface area contributed by atoms with E-state index in [9.17, 15) is 14.9 Å². The van der Waals surface area contributed by atoms with E-state index in [4.69, 9.17) is 9.47 Å². The summed E-state index contributed by atoms with van der Waals surface area (Å²) in [5.41, 5.74) is 1.68. The van der Waals surface area contributed by atoms with Gasteiger partial charge in [0.1, 0.15) is 0 Å². The van der Waals surface area contributed by atoms with Gasteiger partial charge in [0.25, 0.3) is 5.69 Å². The highest BCUT2D eigenvalue weighted by Crippen LogP contribution is 2.29. The summed E-state index contributed by atoms with van der Waals surface area (Å²) in [7, 11) is 3.23. The fourth-order valence-corrected chi connectivity index (χ4v) is 3.80. The number of methoxy groups -OCH3 is 2. The highest BCUT2D eigenvalue weighted by atomic mass is 16.6. The first-order valence-corrected chi connectivity index (χ1v) is 10.0. The average molecular weight is 413 g/mol. The van der Waals surface area contributed by atoms with Crippen molar-refractivity contribution in [2.75, 3.05) is 26.1 Å². The van der Waals surface area contributed by atoms with E-state index in [1.165, 1.54) is 12.1 Å². The number of nitrogens with zero attached hydrogens (tertiary/aromatic N) is 2. The number of anilines is 1. The van der Waals surface area contributed by atoms with Crippen LogP contribution in [0.4, 0.5) is 16.2 Å². The number of non-ortho nitro benzene ring substituents is 1. The molecule has 0 aliphatic carbocycles. The number of carbonyl (C=O) groups is 1. The van der Waals surface area contributed by atoms with Crippen molar-refractivity contribution in [3.05, 3.63) is 58.1 Å². The van der Waals surface area contributed by atoms with Crippen LogP contribution in [0.3, 0.4) is 0 Å². The zero-order valence-corrected chi connectivity index (χ0v) is 17.3. The minimum atomic E-state index is -0.458. The summed E-state index contributed by atoms with van der Waals surface area (Å²) in [5, 5.41) is 13.7. The molecule has 1 atom stereocenters. The number of benzene rings is 2. The van der Waals surface area contributed by atoms with Gasteiger partial charge in [-0.1, -0.05) is 6.07 Å². The van der Waals surface area contributed by atoms with E-state index < -0.39 is 4.92 Å². The molecule has 2 aromatic rings. The Morgan fingerprint density at radius 2 is 1.87 bits per heavy atom. The summed E-state index contributed by atoms with van der Waals surface area (Å²) in [6.07, 6.45) is 4.70. The third kappa shape index (κ3) is 5.20. The Labute approximate surface area is 175 Å².